The van der Waals surface area contributed by atoms with Gasteiger partial charge in [0, 0.05) is 50.2 Å². The van der Waals surface area contributed by atoms with Gasteiger partial charge in [-0.25, -0.2) is 8.42 Å². The summed E-state index contributed by atoms with van der Waals surface area (Å²) in [5.74, 6) is -0.325. The monoisotopic (exact) mass is 401 g/mol. The van der Waals surface area contributed by atoms with Crippen molar-refractivity contribution >= 4 is 21.4 Å². The molecule has 2 aromatic carbocycles. The SMILES string of the molecule is CCN1CCN(Cc2ccc(NC(=O)c3cccc(S(C)(=O)=O)c3)cc2)CC1. The first-order valence-electron chi connectivity index (χ1n) is 9.50. The summed E-state index contributed by atoms with van der Waals surface area (Å²) in [6.07, 6.45) is 1.13. The third-order valence-electron chi connectivity index (χ3n) is 5.05. The van der Waals surface area contributed by atoms with Crippen molar-refractivity contribution in [1.82, 2.24) is 9.80 Å². The van der Waals surface area contributed by atoms with E-state index in [1.807, 2.05) is 24.3 Å². The van der Waals surface area contributed by atoms with Crippen LogP contribution in [-0.4, -0.2) is 63.1 Å². The number of nitrogens with one attached hydrogen (secondary N) is 1. The largest absolute Gasteiger partial charge is 0.322 e. The molecule has 3 rings (SSSR count). The lowest BCUT2D eigenvalue weighted by atomic mass is 10.1. The average Bonchev–Trinajstić information content (AvgIpc) is 2.69. The second-order valence-corrected chi connectivity index (χ2v) is 9.18. The Balaban J connectivity index is 1.59. The number of benzene rings is 2. The molecular formula is C21H27N3O3S. The zero-order valence-electron chi connectivity index (χ0n) is 16.4. The second-order valence-electron chi connectivity index (χ2n) is 7.16. The van der Waals surface area contributed by atoms with Crippen LogP contribution in [-0.2, 0) is 16.4 Å². The van der Waals surface area contributed by atoms with Crippen LogP contribution >= 0.6 is 0 Å². The van der Waals surface area contributed by atoms with Crippen molar-refractivity contribution in [3.05, 3.63) is 59.7 Å². The Morgan fingerprint density at radius 3 is 2.25 bits per heavy atom. The Morgan fingerprint density at radius 1 is 1.00 bits per heavy atom. The topological polar surface area (TPSA) is 69.7 Å². The summed E-state index contributed by atoms with van der Waals surface area (Å²) < 4.78 is 23.3. The third-order valence-corrected chi connectivity index (χ3v) is 6.16. The van der Waals surface area contributed by atoms with Crippen molar-refractivity contribution in [3.8, 4) is 0 Å². The number of amides is 1. The molecule has 0 radical (unpaired) electrons. The van der Waals surface area contributed by atoms with Gasteiger partial charge in [0.1, 0.15) is 0 Å². The van der Waals surface area contributed by atoms with E-state index in [0.29, 0.717) is 11.3 Å². The smallest absolute Gasteiger partial charge is 0.255 e. The summed E-state index contributed by atoms with van der Waals surface area (Å²) in [5.41, 5.74) is 2.22. The van der Waals surface area contributed by atoms with Crippen LogP contribution in [0.25, 0.3) is 0 Å². The number of rotatable bonds is 6. The van der Waals surface area contributed by atoms with Crippen LogP contribution in [0, 0.1) is 0 Å². The van der Waals surface area contributed by atoms with E-state index in [0.717, 1.165) is 45.5 Å². The molecule has 1 N–H and O–H groups in total. The maximum atomic E-state index is 12.4. The number of carbonyl (C=O) groups excluding carboxylic acids is 1. The maximum absolute atomic E-state index is 12.4. The number of nitrogens with zero attached hydrogens (tertiary/aromatic N) is 2. The van der Waals surface area contributed by atoms with Crippen LogP contribution in [0.5, 0.6) is 0 Å². The van der Waals surface area contributed by atoms with E-state index in [-0.39, 0.29) is 10.8 Å². The van der Waals surface area contributed by atoms with E-state index in [9.17, 15) is 13.2 Å². The fraction of sp³-hybridized carbons (Fsp3) is 0.381. The molecule has 0 aromatic heterocycles. The van der Waals surface area contributed by atoms with Crippen LogP contribution < -0.4 is 5.32 Å². The third kappa shape index (κ3) is 5.41. The van der Waals surface area contributed by atoms with Crippen LogP contribution in [0.4, 0.5) is 5.69 Å². The summed E-state index contributed by atoms with van der Waals surface area (Å²) in [5, 5.41) is 2.83. The minimum absolute atomic E-state index is 0.138. The predicted octanol–water partition coefficient (Wildman–Crippen LogP) is 2.48. The molecule has 28 heavy (non-hydrogen) atoms. The van der Waals surface area contributed by atoms with E-state index in [4.69, 9.17) is 0 Å². The van der Waals surface area contributed by atoms with Gasteiger partial charge in [0.25, 0.3) is 5.91 Å². The molecule has 1 aliphatic rings. The van der Waals surface area contributed by atoms with Gasteiger partial charge in [0.05, 0.1) is 4.90 Å². The van der Waals surface area contributed by atoms with E-state index in [2.05, 4.69) is 22.0 Å². The highest BCUT2D eigenvalue weighted by Crippen LogP contribution is 2.16. The molecule has 1 aliphatic heterocycles. The molecule has 0 saturated carbocycles. The highest BCUT2D eigenvalue weighted by atomic mass is 32.2. The second kappa shape index (κ2) is 8.86. The summed E-state index contributed by atoms with van der Waals surface area (Å²) in [6, 6.07) is 13.9. The molecule has 0 aliphatic carbocycles. The van der Waals surface area contributed by atoms with E-state index >= 15 is 0 Å². The Bertz CT molecular complexity index is 918. The zero-order chi connectivity index (χ0) is 20.1. The minimum atomic E-state index is -3.34. The van der Waals surface area contributed by atoms with Gasteiger partial charge in [0.15, 0.2) is 9.84 Å². The molecule has 1 fully saturated rings. The zero-order valence-corrected chi connectivity index (χ0v) is 17.2. The first-order valence-corrected chi connectivity index (χ1v) is 11.4. The Kier molecular flexibility index (Phi) is 6.49. The van der Waals surface area contributed by atoms with E-state index < -0.39 is 9.84 Å². The molecule has 150 valence electrons. The van der Waals surface area contributed by atoms with Gasteiger partial charge in [-0.05, 0) is 42.4 Å². The van der Waals surface area contributed by atoms with Gasteiger partial charge >= 0.3 is 0 Å². The average molecular weight is 402 g/mol. The van der Waals surface area contributed by atoms with E-state index in [1.165, 1.54) is 17.7 Å². The van der Waals surface area contributed by atoms with Crippen LogP contribution in [0.2, 0.25) is 0 Å². The van der Waals surface area contributed by atoms with Crippen LogP contribution in [0.15, 0.2) is 53.4 Å². The van der Waals surface area contributed by atoms with Gasteiger partial charge in [-0.3, -0.25) is 9.69 Å². The molecule has 7 heteroatoms. The van der Waals surface area contributed by atoms with Crippen molar-refractivity contribution in [3.63, 3.8) is 0 Å². The Morgan fingerprint density at radius 2 is 1.64 bits per heavy atom. The highest BCUT2D eigenvalue weighted by Gasteiger charge is 2.16. The minimum Gasteiger partial charge on any atom is -0.322 e. The van der Waals surface area contributed by atoms with Gasteiger partial charge in [0.2, 0.25) is 0 Å². The number of likely N-dealkylation sites (N-methyl/N-ethyl adjacent to an activating group) is 1. The molecule has 1 saturated heterocycles. The Hall–Kier alpha value is -2.22. The normalized spacial score (nSPS) is 16.1. The quantitative estimate of drug-likeness (QED) is 0.805. The first-order chi connectivity index (χ1) is 13.3. The standard InChI is InChI=1S/C21H27N3O3S/c1-3-23-11-13-24(14-12-23)16-17-7-9-19(10-8-17)22-21(25)18-5-4-6-20(15-18)28(2,26)27/h4-10,15H,3,11-14,16H2,1-2H3,(H,22,25). The summed E-state index contributed by atoms with van der Waals surface area (Å²) in [4.78, 5) is 17.5. The molecule has 2 aromatic rings. The number of hydrogen-bond donors (Lipinski definition) is 1. The van der Waals surface area contributed by atoms with Crippen molar-refractivity contribution in [2.45, 2.75) is 18.4 Å². The molecule has 1 amide bonds. The van der Waals surface area contributed by atoms with Gasteiger partial charge in [-0.2, -0.15) is 0 Å². The highest BCUT2D eigenvalue weighted by molar-refractivity contribution is 7.90. The molecule has 0 spiro atoms. The molecular weight excluding hydrogens is 374 g/mol. The van der Waals surface area contributed by atoms with Crippen molar-refractivity contribution in [2.24, 2.45) is 0 Å². The van der Waals surface area contributed by atoms with Crippen molar-refractivity contribution in [1.29, 1.82) is 0 Å². The van der Waals surface area contributed by atoms with Crippen LogP contribution in [0.1, 0.15) is 22.8 Å². The number of carbonyl (C=O) groups is 1. The summed E-state index contributed by atoms with van der Waals surface area (Å²) >= 11 is 0. The molecule has 0 bridgehead atoms. The lowest BCUT2D eigenvalue weighted by Gasteiger charge is -2.34. The molecule has 1 heterocycles. The van der Waals surface area contributed by atoms with Crippen LogP contribution in [0.3, 0.4) is 0 Å². The fourth-order valence-corrected chi connectivity index (χ4v) is 3.95. The number of sulfone groups is 1. The Labute approximate surface area is 167 Å². The number of anilines is 1. The van der Waals surface area contributed by atoms with Gasteiger partial charge in [-0.1, -0.05) is 25.1 Å². The molecule has 6 nitrogen and oxygen atoms in total. The summed E-state index contributed by atoms with van der Waals surface area (Å²) in [6.45, 7) is 8.57. The summed E-state index contributed by atoms with van der Waals surface area (Å²) in [7, 11) is -3.34. The lowest BCUT2D eigenvalue weighted by molar-refractivity contribution is 0.102. The number of hydrogen-bond acceptors (Lipinski definition) is 5. The first kappa shape index (κ1) is 20.5. The van der Waals surface area contributed by atoms with E-state index in [1.54, 1.807) is 12.1 Å². The molecule has 0 unspecified atom stereocenters. The lowest BCUT2D eigenvalue weighted by Crippen LogP contribution is -2.45. The van der Waals surface area contributed by atoms with Crippen molar-refractivity contribution in [2.75, 3.05) is 44.3 Å². The van der Waals surface area contributed by atoms with Gasteiger partial charge < -0.3 is 10.2 Å². The maximum Gasteiger partial charge on any atom is 0.255 e. The molecule has 0 atom stereocenters. The van der Waals surface area contributed by atoms with Crippen molar-refractivity contribution < 1.29 is 13.2 Å². The van der Waals surface area contributed by atoms with Gasteiger partial charge in [-0.15, -0.1) is 0 Å². The fourth-order valence-electron chi connectivity index (χ4n) is 3.29. The predicted molar refractivity (Wildman–Crippen MR) is 111 cm³/mol. The number of piperazine rings is 1.